The van der Waals surface area contributed by atoms with E-state index in [1.165, 1.54) is 0 Å². The lowest BCUT2D eigenvalue weighted by molar-refractivity contribution is 0.00783. The number of benzene rings is 1. The third-order valence-corrected chi connectivity index (χ3v) is 3.57. The molecule has 0 aliphatic heterocycles. The van der Waals surface area contributed by atoms with Crippen LogP contribution in [-0.4, -0.2) is 12.2 Å². The van der Waals surface area contributed by atoms with Crippen molar-refractivity contribution >= 4 is 0 Å². The van der Waals surface area contributed by atoms with Crippen molar-refractivity contribution in [2.24, 2.45) is 5.41 Å². The topological polar surface area (TPSA) is 53.2 Å². The molecule has 1 aliphatic carbocycles. The summed E-state index contributed by atoms with van der Waals surface area (Å²) in [6.45, 7) is 0.528. The molecular weight excluding hydrogens is 214 g/mol. The summed E-state index contributed by atoms with van der Waals surface area (Å²) in [4.78, 5) is 0. The maximum atomic E-state index is 10.3. The number of hydrogen-bond donors (Lipinski definition) is 1. The molecule has 0 saturated heterocycles. The van der Waals surface area contributed by atoms with Gasteiger partial charge in [0.2, 0.25) is 0 Å². The van der Waals surface area contributed by atoms with Gasteiger partial charge in [-0.15, -0.1) is 0 Å². The molecule has 17 heavy (non-hydrogen) atoms. The fraction of sp³-hybridized carbons (Fsp3) is 0.500. The maximum Gasteiger partial charge on any atom is 0.0976 e. The van der Waals surface area contributed by atoms with E-state index in [1.54, 1.807) is 7.11 Å². The van der Waals surface area contributed by atoms with Crippen LogP contribution in [0, 0.1) is 16.7 Å². The Bertz CT molecular complexity index is 432. The third kappa shape index (κ3) is 2.19. The lowest BCUT2D eigenvalue weighted by Gasteiger charge is -2.39. The van der Waals surface area contributed by atoms with E-state index in [-0.39, 0.29) is 0 Å². The summed E-state index contributed by atoms with van der Waals surface area (Å²) in [6.07, 6.45) is 1.93. The Labute approximate surface area is 102 Å². The van der Waals surface area contributed by atoms with Gasteiger partial charge in [-0.3, -0.25) is 0 Å². The fourth-order valence-corrected chi connectivity index (χ4v) is 2.34. The average Bonchev–Trinajstić information content (AvgIpc) is 2.29. The van der Waals surface area contributed by atoms with Gasteiger partial charge in [0.15, 0.2) is 0 Å². The molecule has 0 amide bonds. The van der Waals surface area contributed by atoms with Crippen molar-refractivity contribution in [3.63, 3.8) is 0 Å². The minimum absolute atomic E-state index is 0.528. The van der Waals surface area contributed by atoms with E-state index in [2.05, 4.69) is 6.07 Å². The highest BCUT2D eigenvalue weighted by Crippen LogP contribution is 2.49. The fourth-order valence-electron chi connectivity index (χ4n) is 2.34. The van der Waals surface area contributed by atoms with Gasteiger partial charge in [-0.05, 0) is 24.0 Å². The molecule has 1 aliphatic rings. The molecule has 1 atom stereocenters. The molecule has 0 aromatic heterocycles. The molecule has 3 heteroatoms. The Morgan fingerprint density at radius 3 is 2.82 bits per heavy atom. The molecule has 0 bridgehead atoms. The smallest absolute Gasteiger partial charge is 0.0976 e. The maximum absolute atomic E-state index is 10.3. The highest BCUT2D eigenvalue weighted by molar-refractivity contribution is 5.29. The number of nitrogens with zero attached hydrogens (tertiary/aromatic N) is 1. The van der Waals surface area contributed by atoms with Crippen LogP contribution in [0.5, 0.6) is 0 Å². The molecule has 1 aromatic carbocycles. The van der Waals surface area contributed by atoms with Gasteiger partial charge in [-0.2, -0.15) is 5.26 Å². The number of aliphatic hydroxyl groups excluding tert-OH is 1. The minimum Gasteiger partial charge on any atom is -0.387 e. The molecule has 0 spiro atoms. The van der Waals surface area contributed by atoms with Gasteiger partial charge < -0.3 is 9.84 Å². The van der Waals surface area contributed by atoms with Gasteiger partial charge in [0, 0.05) is 7.11 Å². The predicted octanol–water partition coefficient (Wildman–Crippen LogP) is 2.56. The van der Waals surface area contributed by atoms with Crippen molar-refractivity contribution < 1.29 is 9.84 Å². The Morgan fingerprint density at radius 2 is 2.29 bits per heavy atom. The largest absolute Gasteiger partial charge is 0.387 e. The summed E-state index contributed by atoms with van der Waals surface area (Å²) < 4.78 is 5.07. The zero-order valence-electron chi connectivity index (χ0n) is 10.0. The molecule has 0 radical (unpaired) electrons. The monoisotopic (exact) mass is 231 g/mol. The van der Waals surface area contributed by atoms with Crippen LogP contribution in [0.25, 0.3) is 0 Å². The van der Waals surface area contributed by atoms with Crippen molar-refractivity contribution in [3.8, 4) is 6.07 Å². The molecule has 1 N–H and O–H groups in total. The van der Waals surface area contributed by atoms with Gasteiger partial charge in [-0.25, -0.2) is 0 Å². The summed E-state index contributed by atoms with van der Waals surface area (Å²) in [5, 5.41) is 19.5. The Balaban J connectivity index is 2.22. The first-order chi connectivity index (χ1) is 8.22. The third-order valence-electron chi connectivity index (χ3n) is 3.57. The number of aliphatic hydroxyl groups is 1. The lowest BCUT2D eigenvalue weighted by atomic mass is 9.64. The van der Waals surface area contributed by atoms with Crippen LogP contribution in [0.1, 0.15) is 36.5 Å². The highest BCUT2D eigenvalue weighted by atomic mass is 16.5. The first-order valence-corrected chi connectivity index (χ1v) is 5.89. The summed E-state index contributed by atoms with van der Waals surface area (Å²) >= 11 is 0. The summed E-state index contributed by atoms with van der Waals surface area (Å²) in [7, 11) is 1.64. The van der Waals surface area contributed by atoms with Crippen LogP contribution in [0.15, 0.2) is 24.3 Å². The van der Waals surface area contributed by atoms with E-state index >= 15 is 0 Å². The Hall–Kier alpha value is -1.37. The molecule has 1 aromatic rings. The van der Waals surface area contributed by atoms with Gasteiger partial charge >= 0.3 is 0 Å². The van der Waals surface area contributed by atoms with Crippen LogP contribution in [-0.2, 0) is 11.3 Å². The summed E-state index contributed by atoms with van der Waals surface area (Å²) in [5.41, 5.74) is 1.28. The normalized spacial score (nSPS) is 19.1. The summed E-state index contributed by atoms with van der Waals surface area (Å²) in [5.74, 6) is 0. The molecule has 1 saturated carbocycles. The quantitative estimate of drug-likeness (QED) is 0.866. The second-order valence-electron chi connectivity index (χ2n) is 4.70. The van der Waals surface area contributed by atoms with E-state index < -0.39 is 11.5 Å². The zero-order chi connectivity index (χ0) is 12.3. The van der Waals surface area contributed by atoms with E-state index in [9.17, 15) is 10.4 Å². The van der Waals surface area contributed by atoms with Crippen molar-refractivity contribution in [3.05, 3.63) is 35.4 Å². The van der Waals surface area contributed by atoms with Crippen LogP contribution < -0.4 is 0 Å². The van der Waals surface area contributed by atoms with Crippen molar-refractivity contribution in [2.45, 2.75) is 32.0 Å². The van der Waals surface area contributed by atoms with E-state index in [0.717, 1.165) is 30.4 Å². The van der Waals surface area contributed by atoms with E-state index in [0.29, 0.717) is 6.61 Å². The summed E-state index contributed by atoms with van der Waals surface area (Å²) in [6, 6.07) is 9.94. The predicted molar refractivity (Wildman–Crippen MR) is 64.0 cm³/mol. The van der Waals surface area contributed by atoms with Crippen LogP contribution in [0.3, 0.4) is 0 Å². The average molecular weight is 231 g/mol. The number of ether oxygens (including phenoxy) is 1. The first kappa shape index (κ1) is 12.1. The standard InChI is InChI=1S/C14H17NO2/c1-17-9-11-4-2-5-12(8-11)13(16)14(10-15)6-3-7-14/h2,4-5,8,13,16H,3,6-7,9H2,1H3. The second-order valence-corrected chi connectivity index (χ2v) is 4.70. The first-order valence-electron chi connectivity index (χ1n) is 5.89. The van der Waals surface area contributed by atoms with Crippen molar-refractivity contribution in [2.75, 3.05) is 7.11 Å². The van der Waals surface area contributed by atoms with Crippen molar-refractivity contribution in [1.82, 2.24) is 0 Å². The van der Waals surface area contributed by atoms with Crippen LogP contribution >= 0.6 is 0 Å². The minimum atomic E-state index is -0.682. The number of methoxy groups -OCH3 is 1. The molecule has 90 valence electrons. The van der Waals surface area contributed by atoms with Crippen molar-refractivity contribution in [1.29, 1.82) is 5.26 Å². The van der Waals surface area contributed by atoms with Gasteiger partial charge in [-0.1, -0.05) is 30.7 Å². The SMILES string of the molecule is COCc1cccc(C(O)C2(C#N)CCC2)c1. The number of rotatable bonds is 4. The number of nitriles is 1. The highest BCUT2D eigenvalue weighted by Gasteiger charge is 2.44. The van der Waals surface area contributed by atoms with Crippen LogP contribution in [0.2, 0.25) is 0 Å². The van der Waals surface area contributed by atoms with Gasteiger partial charge in [0.05, 0.1) is 24.2 Å². The van der Waals surface area contributed by atoms with E-state index in [1.807, 2.05) is 24.3 Å². The molecular formula is C14H17NO2. The molecule has 1 unspecified atom stereocenters. The van der Waals surface area contributed by atoms with E-state index in [4.69, 9.17) is 4.74 Å². The molecule has 3 nitrogen and oxygen atoms in total. The number of hydrogen-bond acceptors (Lipinski definition) is 3. The molecule has 2 rings (SSSR count). The zero-order valence-corrected chi connectivity index (χ0v) is 10.0. The van der Waals surface area contributed by atoms with Gasteiger partial charge in [0.1, 0.15) is 0 Å². The Kier molecular flexibility index (Phi) is 3.46. The molecule has 1 fully saturated rings. The van der Waals surface area contributed by atoms with Gasteiger partial charge in [0.25, 0.3) is 0 Å². The Morgan fingerprint density at radius 1 is 1.53 bits per heavy atom. The second kappa shape index (κ2) is 4.87. The lowest BCUT2D eigenvalue weighted by Crippen LogP contribution is -2.34. The molecule has 0 heterocycles. The van der Waals surface area contributed by atoms with Crippen LogP contribution in [0.4, 0.5) is 0 Å².